The van der Waals surface area contributed by atoms with Crippen LogP contribution in [0.2, 0.25) is 0 Å². The topological polar surface area (TPSA) is 87.5 Å². The van der Waals surface area contributed by atoms with Crippen LogP contribution in [0.4, 0.5) is 10.5 Å². The fourth-order valence-electron chi connectivity index (χ4n) is 6.42. The van der Waals surface area contributed by atoms with Gasteiger partial charge in [-0.15, -0.1) is 0 Å². The normalized spacial score (nSPS) is 13.7. The molecule has 1 aromatic heterocycles. The van der Waals surface area contributed by atoms with Gasteiger partial charge in [-0.2, -0.15) is 0 Å². The number of aromatic nitrogens is 2. The molecule has 2 N–H and O–H groups in total. The molecular weight excluding hydrogens is 536 g/mol. The van der Waals surface area contributed by atoms with Gasteiger partial charge in [-0.3, -0.25) is 4.90 Å². The Kier molecular flexibility index (Phi) is 10.1. The van der Waals surface area contributed by atoms with Gasteiger partial charge in [-0.05, 0) is 66.1 Å². The molecule has 0 aliphatic heterocycles. The molecule has 0 unspecified atom stereocenters. The number of urea groups is 1. The molecule has 1 aliphatic rings. The number of fused-ring (bicyclic) bond motifs is 1. The van der Waals surface area contributed by atoms with Gasteiger partial charge in [0.15, 0.2) is 0 Å². The number of nitrogens with zero attached hydrogens (tertiary/aromatic N) is 3. The fraction of sp³-hybridized carbons (Fsp3) is 0.417. The number of aromatic carboxylic acids is 1. The highest BCUT2D eigenvalue weighted by atomic mass is 16.4. The van der Waals surface area contributed by atoms with Crippen LogP contribution in [0.5, 0.6) is 0 Å². The summed E-state index contributed by atoms with van der Waals surface area (Å²) < 4.78 is 2.28. The third kappa shape index (κ3) is 7.27. The van der Waals surface area contributed by atoms with Gasteiger partial charge in [-0.1, -0.05) is 87.9 Å². The minimum Gasteiger partial charge on any atom is -0.478 e. The molecule has 5 rings (SSSR count). The van der Waals surface area contributed by atoms with Gasteiger partial charge < -0.3 is 15.0 Å². The van der Waals surface area contributed by atoms with E-state index in [0.717, 1.165) is 65.3 Å². The number of hydrogen-bond donors (Lipinski definition) is 2. The third-order valence-electron chi connectivity index (χ3n) is 8.82. The lowest BCUT2D eigenvalue weighted by molar-refractivity contribution is 0.0697. The van der Waals surface area contributed by atoms with E-state index in [0.29, 0.717) is 24.2 Å². The van der Waals surface area contributed by atoms with Crippen LogP contribution in [-0.4, -0.2) is 40.3 Å². The lowest BCUT2D eigenvalue weighted by Crippen LogP contribution is -2.39. The zero-order chi connectivity index (χ0) is 30.2. The maximum Gasteiger partial charge on any atom is 0.336 e. The number of nitrogens with one attached hydrogen (secondary N) is 1. The predicted octanol–water partition coefficient (Wildman–Crippen LogP) is 8.30. The quantitative estimate of drug-likeness (QED) is 0.176. The van der Waals surface area contributed by atoms with E-state index in [9.17, 15) is 14.7 Å². The molecule has 0 radical (unpaired) electrons. The Hall–Kier alpha value is -4.13. The summed E-state index contributed by atoms with van der Waals surface area (Å²) in [5.74, 6) is 0.896. The molecule has 0 bridgehead atoms. The summed E-state index contributed by atoms with van der Waals surface area (Å²) in [6, 6.07) is 21.3. The van der Waals surface area contributed by atoms with Crippen LogP contribution in [-0.2, 0) is 13.0 Å². The lowest BCUT2D eigenvalue weighted by atomic mass is 9.86. The Balaban J connectivity index is 1.42. The molecule has 7 nitrogen and oxygen atoms in total. The summed E-state index contributed by atoms with van der Waals surface area (Å²) in [4.78, 5) is 31.7. The second-order valence-corrected chi connectivity index (χ2v) is 11.8. The van der Waals surface area contributed by atoms with E-state index in [-0.39, 0.29) is 6.03 Å². The number of benzene rings is 3. The molecule has 0 atom stereocenters. The van der Waals surface area contributed by atoms with Crippen LogP contribution in [0.3, 0.4) is 0 Å². The van der Waals surface area contributed by atoms with E-state index in [1.807, 2.05) is 41.3 Å². The number of hydrogen-bond acceptors (Lipinski definition) is 3. The Bertz CT molecular complexity index is 1540. The van der Waals surface area contributed by atoms with Crippen molar-refractivity contribution >= 4 is 28.7 Å². The van der Waals surface area contributed by atoms with Crippen molar-refractivity contribution in [2.75, 3.05) is 18.5 Å². The van der Waals surface area contributed by atoms with E-state index in [1.54, 1.807) is 19.2 Å². The first-order valence-electron chi connectivity index (χ1n) is 15.9. The highest BCUT2D eigenvalue weighted by molar-refractivity contribution is 5.96. The largest absolute Gasteiger partial charge is 0.478 e. The second-order valence-electron chi connectivity index (χ2n) is 11.8. The van der Waals surface area contributed by atoms with Gasteiger partial charge in [0.1, 0.15) is 5.82 Å². The number of carboxylic acids is 1. The maximum atomic E-state index is 13.0. The molecule has 4 aromatic rings. The van der Waals surface area contributed by atoms with Crippen molar-refractivity contribution in [3.8, 4) is 11.1 Å². The van der Waals surface area contributed by atoms with Gasteiger partial charge in [0.2, 0.25) is 0 Å². The molecule has 2 amide bonds. The molecule has 226 valence electrons. The minimum absolute atomic E-state index is 0.0857. The fourth-order valence-corrected chi connectivity index (χ4v) is 6.42. The van der Waals surface area contributed by atoms with Crippen LogP contribution >= 0.6 is 0 Å². The van der Waals surface area contributed by atoms with Crippen LogP contribution in [0, 0.1) is 5.92 Å². The van der Waals surface area contributed by atoms with Crippen molar-refractivity contribution in [1.29, 1.82) is 0 Å². The van der Waals surface area contributed by atoms with Crippen LogP contribution in [0.25, 0.3) is 22.2 Å². The van der Waals surface area contributed by atoms with Gasteiger partial charge in [0.05, 0.1) is 16.6 Å². The Morgan fingerprint density at radius 1 is 1.00 bits per heavy atom. The van der Waals surface area contributed by atoms with Crippen molar-refractivity contribution in [2.24, 2.45) is 5.92 Å². The second kappa shape index (κ2) is 14.4. The molecule has 1 heterocycles. The highest BCUT2D eigenvalue weighted by Crippen LogP contribution is 2.30. The predicted molar refractivity (Wildman–Crippen MR) is 174 cm³/mol. The van der Waals surface area contributed by atoms with Gasteiger partial charge in [0, 0.05) is 32.2 Å². The van der Waals surface area contributed by atoms with Crippen molar-refractivity contribution in [2.45, 2.75) is 77.7 Å². The lowest BCUT2D eigenvalue weighted by Gasteiger charge is -2.25. The molecule has 7 heteroatoms. The smallest absolute Gasteiger partial charge is 0.336 e. The first kappa shape index (κ1) is 30.3. The minimum atomic E-state index is -0.930. The number of amides is 2. The summed E-state index contributed by atoms with van der Waals surface area (Å²) >= 11 is 0. The van der Waals surface area contributed by atoms with Crippen molar-refractivity contribution < 1.29 is 14.7 Å². The third-order valence-corrected chi connectivity index (χ3v) is 8.82. The molecule has 1 saturated carbocycles. The van der Waals surface area contributed by atoms with E-state index in [1.165, 1.54) is 38.5 Å². The van der Waals surface area contributed by atoms with Crippen LogP contribution < -0.4 is 10.2 Å². The summed E-state index contributed by atoms with van der Waals surface area (Å²) in [5, 5.41) is 12.5. The summed E-state index contributed by atoms with van der Waals surface area (Å²) in [5.41, 5.74) is 5.82. The zero-order valence-electron chi connectivity index (χ0n) is 25.5. The molecule has 0 saturated heterocycles. The van der Waals surface area contributed by atoms with Gasteiger partial charge in [-0.25, -0.2) is 14.6 Å². The molecule has 43 heavy (non-hydrogen) atoms. The number of rotatable bonds is 12. The van der Waals surface area contributed by atoms with E-state index < -0.39 is 5.97 Å². The molecule has 1 fully saturated rings. The van der Waals surface area contributed by atoms with Crippen molar-refractivity contribution in [1.82, 2.24) is 14.9 Å². The molecular formula is C36H44N4O3. The number of anilines is 1. The first-order chi connectivity index (χ1) is 21.0. The van der Waals surface area contributed by atoms with E-state index >= 15 is 0 Å². The highest BCUT2D eigenvalue weighted by Gasteiger charge is 2.20. The number of aryl methyl sites for hydroxylation is 1. The summed E-state index contributed by atoms with van der Waals surface area (Å²) in [6.07, 6.45) is 11.8. The number of unbranched alkanes of at least 4 members (excludes halogenated alkanes) is 1. The molecule has 0 spiro atoms. The number of carbonyl (C=O) groups excluding carboxylic acids is 1. The van der Waals surface area contributed by atoms with E-state index in [4.69, 9.17) is 4.98 Å². The average molecular weight is 581 g/mol. The summed E-state index contributed by atoms with van der Waals surface area (Å²) in [7, 11) is 1.70. The van der Waals surface area contributed by atoms with E-state index in [2.05, 4.69) is 35.0 Å². The zero-order valence-corrected chi connectivity index (χ0v) is 25.5. The number of imidazole rings is 1. The standard InChI is InChI=1S/C36H44N4O3/c1-3-4-16-34-38-32-22-21-29(39(36(43)37-2)23-10-13-26-11-6-5-7-12-26)24-33(32)40(34)25-27-17-19-28(20-18-27)30-14-8-9-15-31(30)35(41)42/h8-9,14-15,17-22,24,26H,3-7,10-13,16,23,25H2,1-2H3,(H,37,43)(H,41,42). The first-order valence-corrected chi connectivity index (χ1v) is 15.9. The average Bonchev–Trinajstić information content (AvgIpc) is 3.38. The van der Waals surface area contributed by atoms with Crippen molar-refractivity contribution in [3.05, 3.63) is 83.7 Å². The molecule has 1 aliphatic carbocycles. The SMILES string of the molecule is CCCCc1nc2ccc(N(CCCC3CCCCC3)C(=O)NC)cc2n1Cc1ccc(-c2ccccc2C(=O)O)cc1. The monoisotopic (exact) mass is 580 g/mol. The number of carboxylic acid groups (broad SMARTS) is 1. The maximum absolute atomic E-state index is 13.0. The number of carbonyl (C=O) groups is 2. The Morgan fingerprint density at radius 2 is 1.77 bits per heavy atom. The Labute approximate surface area is 254 Å². The van der Waals surface area contributed by atoms with Gasteiger partial charge in [0.25, 0.3) is 0 Å². The summed E-state index contributed by atoms with van der Waals surface area (Å²) in [6.45, 7) is 3.52. The van der Waals surface area contributed by atoms with Crippen LogP contribution in [0.1, 0.15) is 86.5 Å². The Morgan fingerprint density at radius 3 is 2.49 bits per heavy atom. The van der Waals surface area contributed by atoms with Crippen molar-refractivity contribution in [3.63, 3.8) is 0 Å². The molecule has 3 aromatic carbocycles. The van der Waals surface area contributed by atoms with Crippen LogP contribution in [0.15, 0.2) is 66.7 Å². The van der Waals surface area contributed by atoms with Gasteiger partial charge >= 0.3 is 12.0 Å².